The van der Waals surface area contributed by atoms with Crippen LogP contribution in [-0.2, 0) is 11.2 Å². The van der Waals surface area contributed by atoms with Crippen LogP contribution in [0.4, 0.5) is 0 Å². The molecule has 1 atom stereocenters. The van der Waals surface area contributed by atoms with Crippen LogP contribution in [0.15, 0.2) is 97.1 Å². The Morgan fingerprint density at radius 3 is 2.14 bits per heavy atom. The van der Waals surface area contributed by atoms with Gasteiger partial charge in [-0.2, -0.15) is 0 Å². The van der Waals surface area contributed by atoms with Gasteiger partial charge in [0, 0.05) is 9.99 Å². The molecule has 0 heterocycles. The number of unbranched alkanes of at least 4 members (excludes halogenated alkanes) is 1. The van der Waals surface area contributed by atoms with Crippen LogP contribution in [0, 0.1) is 3.57 Å². The maximum absolute atomic E-state index is 12.2. The molecule has 1 unspecified atom stereocenters. The summed E-state index contributed by atoms with van der Waals surface area (Å²) in [6, 6.07) is 28.3. The third-order valence-corrected chi connectivity index (χ3v) is 12.2. The Morgan fingerprint density at radius 1 is 0.944 bits per heavy atom. The lowest BCUT2D eigenvalue weighted by Crippen LogP contribution is -2.65. The first kappa shape index (κ1) is 28.5. The summed E-state index contributed by atoms with van der Waals surface area (Å²) in [4.78, 5) is 24.4. The van der Waals surface area contributed by atoms with Crippen LogP contribution in [0.1, 0.15) is 51.5 Å². The number of rotatable bonds is 13. The second-order valence-corrected chi connectivity index (χ2v) is 15.3. The predicted molar refractivity (Wildman–Crippen MR) is 160 cm³/mol. The summed E-state index contributed by atoms with van der Waals surface area (Å²) in [5.41, 5.74) is 1.15. The second kappa shape index (κ2) is 13.5. The van der Waals surface area contributed by atoms with E-state index in [0.29, 0.717) is 19.3 Å². The molecule has 3 aromatic rings. The highest BCUT2D eigenvalue weighted by atomic mass is 127. The van der Waals surface area contributed by atoms with E-state index in [2.05, 4.69) is 42.5 Å². The number of carbonyl (C=O) groups is 1. The maximum Gasteiger partial charge on any atom is 0.258 e. The van der Waals surface area contributed by atoms with Gasteiger partial charge in [-0.1, -0.05) is 106 Å². The highest BCUT2D eigenvalue weighted by molar-refractivity contribution is 14.1. The standard InChI is InChI=1S/C31H37IO3Si/c1-31(2,36(35,29-15-5-3-6-16-29)30-17-7-4-8-18-30)23-10-9-14-27(33)21-22-28(34)20-19-25-12-11-13-26(32)24-25/h3-8,11-13,15-18,21-22,24,27,33,35H,9-10,14,19-20,23H2,1-2H3/b22-21+. The van der Waals surface area contributed by atoms with Crippen molar-refractivity contribution in [1.82, 2.24) is 0 Å². The molecular weight excluding hydrogens is 575 g/mol. The number of hydrogen-bond donors (Lipinski definition) is 2. The van der Waals surface area contributed by atoms with Crippen LogP contribution in [0.25, 0.3) is 0 Å². The van der Waals surface area contributed by atoms with Gasteiger partial charge in [0.15, 0.2) is 5.78 Å². The van der Waals surface area contributed by atoms with Crippen molar-refractivity contribution in [3.05, 3.63) is 106 Å². The van der Waals surface area contributed by atoms with Crippen LogP contribution >= 0.6 is 22.6 Å². The van der Waals surface area contributed by atoms with Gasteiger partial charge in [0.25, 0.3) is 8.32 Å². The number of halogens is 1. The first-order valence-electron chi connectivity index (χ1n) is 12.7. The van der Waals surface area contributed by atoms with E-state index in [-0.39, 0.29) is 10.8 Å². The molecule has 0 saturated heterocycles. The van der Waals surface area contributed by atoms with Crippen molar-refractivity contribution in [2.24, 2.45) is 0 Å². The number of allylic oxidation sites excluding steroid dienone is 1. The fourth-order valence-corrected chi connectivity index (χ4v) is 9.16. The molecule has 0 aliphatic rings. The zero-order valence-electron chi connectivity index (χ0n) is 21.2. The van der Waals surface area contributed by atoms with Gasteiger partial charge in [-0.3, -0.25) is 4.79 Å². The minimum Gasteiger partial charge on any atom is -0.424 e. The highest BCUT2D eigenvalue weighted by Crippen LogP contribution is 2.40. The number of aliphatic hydroxyl groups is 1. The van der Waals surface area contributed by atoms with Crippen molar-refractivity contribution in [1.29, 1.82) is 0 Å². The first-order valence-corrected chi connectivity index (χ1v) is 15.7. The maximum atomic E-state index is 12.2. The third kappa shape index (κ3) is 7.72. The summed E-state index contributed by atoms with van der Waals surface area (Å²) in [7, 11) is -3.00. The van der Waals surface area contributed by atoms with E-state index in [4.69, 9.17) is 0 Å². The Bertz CT molecular complexity index is 1090. The van der Waals surface area contributed by atoms with E-state index in [1.54, 1.807) is 6.08 Å². The zero-order valence-corrected chi connectivity index (χ0v) is 24.4. The van der Waals surface area contributed by atoms with E-state index in [9.17, 15) is 14.7 Å². The van der Waals surface area contributed by atoms with E-state index < -0.39 is 14.4 Å². The van der Waals surface area contributed by atoms with Crippen molar-refractivity contribution in [2.75, 3.05) is 0 Å². The lowest BCUT2D eigenvalue weighted by Gasteiger charge is -2.41. The van der Waals surface area contributed by atoms with Gasteiger partial charge >= 0.3 is 0 Å². The molecule has 2 N–H and O–H groups in total. The van der Waals surface area contributed by atoms with Crippen molar-refractivity contribution >= 4 is 47.1 Å². The van der Waals surface area contributed by atoms with Gasteiger partial charge < -0.3 is 9.90 Å². The molecule has 5 heteroatoms. The van der Waals surface area contributed by atoms with E-state index in [1.165, 1.54) is 9.65 Å². The number of benzene rings is 3. The zero-order chi connectivity index (χ0) is 26.0. The van der Waals surface area contributed by atoms with E-state index in [0.717, 1.165) is 35.2 Å². The molecule has 0 amide bonds. The summed E-state index contributed by atoms with van der Waals surface area (Å²) in [6.45, 7) is 4.34. The molecule has 0 spiro atoms. The summed E-state index contributed by atoms with van der Waals surface area (Å²) in [5, 5.41) is 12.1. The predicted octanol–water partition coefficient (Wildman–Crippen LogP) is 5.80. The molecule has 190 valence electrons. The summed E-state index contributed by atoms with van der Waals surface area (Å²) in [6.07, 6.45) is 6.86. The SMILES string of the molecule is CC(C)(CCCCC(O)/C=C/C(=O)CCc1cccc(I)c1)[Si](O)(c1ccccc1)c1ccccc1. The van der Waals surface area contributed by atoms with Gasteiger partial charge in [0.05, 0.1) is 6.10 Å². The summed E-state index contributed by atoms with van der Waals surface area (Å²) < 4.78 is 1.17. The number of hydrogen-bond acceptors (Lipinski definition) is 3. The Kier molecular flexibility index (Phi) is 10.7. The molecule has 3 nitrogen and oxygen atoms in total. The van der Waals surface area contributed by atoms with Crippen molar-refractivity contribution < 1.29 is 14.7 Å². The lowest BCUT2D eigenvalue weighted by molar-refractivity contribution is -0.114. The van der Waals surface area contributed by atoms with Crippen molar-refractivity contribution in [3.63, 3.8) is 0 Å². The number of ketones is 1. The molecule has 0 radical (unpaired) electrons. The number of aliphatic hydroxyl groups excluding tert-OH is 1. The van der Waals surface area contributed by atoms with Crippen LogP contribution in [0.5, 0.6) is 0 Å². The van der Waals surface area contributed by atoms with Gasteiger partial charge in [0.2, 0.25) is 0 Å². The molecule has 0 aliphatic heterocycles. The molecule has 0 fully saturated rings. The normalized spacial score (nSPS) is 13.1. The molecular formula is C31H37IO3Si. The van der Waals surface area contributed by atoms with E-state index in [1.807, 2.05) is 78.9 Å². The highest BCUT2D eigenvalue weighted by Gasteiger charge is 2.49. The molecule has 0 bridgehead atoms. The minimum atomic E-state index is -3.00. The first-order chi connectivity index (χ1) is 17.2. The fraction of sp³-hybridized carbons (Fsp3) is 0.323. The topological polar surface area (TPSA) is 57.5 Å². The van der Waals surface area contributed by atoms with Crippen LogP contribution in [0.2, 0.25) is 5.04 Å². The molecule has 0 aliphatic carbocycles. The molecule has 0 aromatic heterocycles. The average molecular weight is 613 g/mol. The molecule has 3 rings (SSSR count). The molecule has 0 saturated carbocycles. The Morgan fingerprint density at radius 2 is 1.56 bits per heavy atom. The van der Waals surface area contributed by atoms with Gasteiger partial charge in [-0.05, 0) is 81.0 Å². The van der Waals surface area contributed by atoms with Crippen LogP contribution in [-0.4, -0.2) is 30.1 Å². The molecule has 36 heavy (non-hydrogen) atoms. The summed E-state index contributed by atoms with van der Waals surface area (Å²) >= 11 is 2.27. The van der Waals surface area contributed by atoms with Crippen molar-refractivity contribution in [2.45, 2.75) is 63.5 Å². The third-order valence-electron chi connectivity index (χ3n) is 6.97. The Hall–Kier alpha value is -2.06. The van der Waals surface area contributed by atoms with Crippen LogP contribution < -0.4 is 10.4 Å². The molecule has 3 aromatic carbocycles. The monoisotopic (exact) mass is 612 g/mol. The van der Waals surface area contributed by atoms with Gasteiger partial charge in [0.1, 0.15) is 0 Å². The number of carbonyl (C=O) groups excluding carboxylic acids is 1. The largest absolute Gasteiger partial charge is 0.424 e. The number of aryl methyl sites for hydroxylation is 1. The smallest absolute Gasteiger partial charge is 0.258 e. The Balaban J connectivity index is 1.52. The quantitative estimate of drug-likeness (QED) is 0.111. The lowest BCUT2D eigenvalue weighted by atomic mass is 10.0. The van der Waals surface area contributed by atoms with Crippen LogP contribution in [0.3, 0.4) is 0 Å². The minimum absolute atomic E-state index is 0.0378. The van der Waals surface area contributed by atoms with Gasteiger partial charge in [-0.25, -0.2) is 0 Å². The second-order valence-electron chi connectivity index (χ2n) is 10.1. The van der Waals surface area contributed by atoms with Crippen molar-refractivity contribution in [3.8, 4) is 0 Å². The summed E-state index contributed by atoms with van der Waals surface area (Å²) in [5.74, 6) is 0.0378. The Labute approximate surface area is 230 Å². The van der Waals surface area contributed by atoms with E-state index >= 15 is 0 Å². The average Bonchev–Trinajstić information content (AvgIpc) is 2.89. The fourth-order valence-electron chi connectivity index (χ4n) is 4.77. The van der Waals surface area contributed by atoms with Gasteiger partial charge in [-0.15, -0.1) is 0 Å².